The maximum Gasteiger partial charge on any atom is 0.303 e. The average Bonchev–Trinajstić information content (AvgIpc) is 3.93. The van der Waals surface area contributed by atoms with Gasteiger partial charge in [0, 0.05) is 61.6 Å². The molecule has 2 atom stereocenters. The number of carboxylic acids is 1. The Hall–Kier alpha value is -4.14. The highest BCUT2D eigenvalue weighted by Gasteiger charge is 2.43. The van der Waals surface area contributed by atoms with E-state index in [9.17, 15) is 14.4 Å². The molecule has 0 aromatic heterocycles. The van der Waals surface area contributed by atoms with Crippen LogP contribution in [-0.2, 0) is 27.2 Å². The number of nitrogens with zero attached hydrogens (tertiary/aromatic N) is 2. The van der Waals surface area contributed by atoms with E-state index < -0.39 is 5.97 Å². The standard InChI is InChI=1S/C41H48ClN3O5/c1-26-21-27(2)28(3)37(22-26)50-20-18-29-11-13-30(14-12-29)34-23-32-24-44(38(46)9-6-10-39(47)48)25-36(43-32)40(34)41(49)45(33-15-16-33)19-17-31-7-4-5-8-35(31)42/h4-5,7-8,11-14,21-22,32-33,36,43H,6,9-10,15-20,23-25H2,1-3H3,(H,47,48)/t32-,36-/m1/s1. The number of carbonyl (C=O) groups is 3. The number of benzene rings is 3. The largest absolute Gasteiger partial charge is 0.493 e. The van der Waals surface area contributed by atoms with Crippen molar-refractivity contribution in [1.29, 1.82) is 0 Å². The first-order valence-corrected chi connectivity index (χ1v) is 18.3. The summed E-state index contributed by atoms with van der Waals surface area (Å²) in [6.45, 7) is 8.33. The highest BCUT2D eigenvalue weighted by Crippen LogP contribution is 2.37. The predicted octanol–water partition coefficient (Wildman–Crippen LogP) is 6.70. The van der Waals surface area contributed by atoms with Crippen LogP contribution in [0.1, 0.15) is 71.9 Å². The fourth-order valence-corrected chi connectivity index (χ4v) is 7.58. The SMILES string of the molecule is Cc1cc(C)c(C)c(OCCc2ccc(C3=C(C(=O)N(CCc4ccccc4Cl)C4CC4)[C@H]4CN(C(=O)CCCC(=O)O)C[C@@H](C3)N4)cc2)c1. The van der Waals surface area contributed by atoms with E-state index in [0.29, 0.717) is 50.5 Å². The lowest BCUT2D eigenvalue weighted by molar-refractivity contribution is -0.138. The lowest BCUT2D eigenvalue weighted by atomic mass is 9.82. The number of aryl methyl sites for hydroxylation is 2. The van der Waals surface area contributed by atoms with Gasteiger partial charge in [0.2, 0.25) is 5.91 Å². The number of carbonyl (C=O) groups excluding carboxylic acids is 2. The van der Waals surface area contributed by atoms with Crippen molar-refractivity contribution in [3.05, 3.63) is 105 Å². The van der Waals surface area contributed by atoms with Crippen LogP contribution in [0.5, 0.6) is 5.75 Å². The number of piperazine rings is 1. The first-order valence-electron chi connectivity index (χ1n) is 17.9. The molecule has 1 saturated carbocycles. The third-order valence-corrected chi connectivity index (χ3v) is 10.7. The highest BCUT2D eigenvalue weighted by atomic mass is 35.5. The van der Waals surface area contributed by atoms with Gasteiger partial charge in [-0.3, -0.25) is 14.4 Å². The second-order valence-corrected chi connectivity index (χ2v) is 14.5. The minimum Gasteiger partial charge on any atom is -0.493 e. The first kappa shape index (κ1) is 35.7. The van der Waals surface area contributed by atoms with Gasteiger partial charge in [0.05, 0.1) is 12.6 Å². The zero-order valence-electron chi connectivity index (χ0n) is 29.3. The molecule has 3 aliphatic rings. The molecule has 1 aliphatic carbocycles. The molecule has 0 radical (unpaired) electrons. The van der Waals surface area contributed by atoms with E-state index in [-0.39, 0.29) is 42.8 Å². The Kier molecular flexibility index (Phi) is 11.3. The number of amides is 2. The van der Waals surface area contributed by atoms with Crippen molar-refractivity contribution >= 4 is 35.0 Å². The second kappa shape index (κ2) is 15.8. The van der Waals surface area contributed by atoms with Crippen LogP contribution in [-0.4, -0.2) is 77.1 Å². The molecule has 2 fully saturated rings. The van der Waals surface area contributed by atoms with Gasteiger partial charge in [-0.1, -0.05) is 60.1 Å². The van der Waals surface area contributed by atoms with E-state index in [0.717, 1.165) is 52.8 Å². The van der Waals surface area contributed by atoms with Gasteiger partial charge in [-0.05, 0) is 104 Å². The van der Waals surface area contributed by atoms with E-state index in [2.05, 4.69) is 62.5 Å². The number of rotatable bonds is 14. The lowest BCUT2D eigenvalue weighted by Gasteiger charge is -2.45. The number of hydrogen-bond donors (Lipinski definition) is 2. The summed E-state index contributed by atoms with van der Waals surface area (Å²) >= 11 is 6.50. The summed E-state index contributed by atoms with van der Waals surface area (Å²) in [6, 6.07) is 20.4. The molecule has 0 unspecified atom stereocenters. The van der Waals surface area contributed by atoms with E-state index in [1.165, 1.54) is 16.7 Å². The van der Waals surface area contributed by atoms with Crippen LogP contribution in [0.4, 0.5) is 0 Å². The van der Waals surface area contributed by atoms with Crippen LogP contribution in [0.3, 0.4) is 0 Å². The Morgan fingerprint density at radius 3 is 2.46 bits per heavy atom. The van der Waals surface area contributed by atoms with Gasteiger partial charge in [-0.15, -0.1) is 0 Å². The molecule has 3 aromatic rings. The molecule has 6 rings (SSSR count). The molecular weight excluding hydrogens is 650 g/mol. The molecule has 2 amide bonds. The molecule has 3 aromatic carbocycles. The third-order valence-electron chi connectivity index (χ3n) is 10.3. The quantitative estimate of drug-likeness (QED) is 0.195. The van der Waals surface area contributed by atoms with E-state index in [1.807, 2.05) is 34.1 Å². The van der Waals surface area contributed by atoms with E-state index in [1.54, 1.807) is 0 Å². The number of hydrogen-bond acceptors (Lipinski definition) is 5. The van der Waals surface area contributed by atoms with Crippen LogP contribution < -0.4 is 10.1 Å². The fraction of sp³-hybridized carbons (Fsp3) is 0.439. The number of fused-ring (bicyclic) bond motifs is 2. The highest BCUT2D eigenvalue weighted by molar-refractivity contribution is 6.31. The van der Waals surface area contributed by atoms with Gasteiger partial charge < -0.3 is 25.0 Å². The predicted molar refractivity (Wildman–Crippen MR) is 197 cm³/mol. The number of ether oxygens (including phenoxy) is 1. The topological polar surface area (TPSA) is 99.2 Å². The smallest absolute Gasteiger partial charge is 0.303 e. The fourth-order valence-electron chi connectivity index (χ4n) is 7.35. The van der Waals surface area contributed by atoms with Gasteiger partial charge in [-0.2, -0.15) is 0 Å². The molecule has 2 bridgehead atoms. The van der Waals surface area contributed by atoms with Crippen LogP contribution >= 0.6 is 11.6 Å². The van der Waals surface area contributed by atoms with Crippen LogP contribution in [0.2, 0.25) is 5.02 Å². The lowest BCUT2D eigenvalue weighted by Crippen LogP contribution is -2.62. The van der Waals surface area contributed by atoms with E-state index in [4.69, 9.17) is 21.4 Å². The van der Waals surface area contributed by atoms with Gasteiger partial charge >= 0.3 is 5.97 Å². The summed E-state index contributed by atoms with van der Waals surface area (Å²) in [7, 11) is 0. The molecule has 2 heterocycles. The van der Waals surface area contributed by atoms with Crippen molar-refractivity contribution in [1.82, 2.24) is 15.1 Å². The zero-order chi connectivity index (χ0) is 35.4. The summed E-state index contributed by atoms with van der Waals surface area (Å²) in [5.74, 6) is -0.00873. The Bertz CT molecular complexity index is 1770. The van der Waals surface area contributed by atoms with Crippen molar-refractivity contribution in [3.8, 4) is 5.75 Å². The monoisotopic (exact) mass is 697 g/mol. The Labute approximate surface area is 300 Å². The summed E-state index contributed by atoms with van der Waals surface area (Å²) in [6.07, 6.45) is 4.46. The number of carboxylic acid groups (broad SMARTS) is 1. The molecule has 264 valence electrons. The number of nitrogens with one attached hydrogen (secondary N) is 1. The molecular formula is C41H48ClN3O5. The van der Waals surface area contributed by atoms with Crippen molar-refractivity contribution in [2.75, 3.05) is 26.2 Å². The summed E-state index contributed by atoms with van der Waals surface area (Å²) in [4.78, 5) is 42.8. The molecule has 2 N–H and O–H groups in total. The number of halogens is 1. The summed E-state index contributed by atoms with van der Waals surface area (Å²) in [5.41, 5.74) is 8.57. The van der Waals surface area contributed by atoms with Gasteiger partial charge in [0.1, 0.15) is 5.75 Å². The van der Waals surface area contributed by atoms with Gasteiger partial charge in [0.15, 0.2) is 0 Å². The molecule has 8 nitrogen and oxygen atoms in total. The summed E-state index contributed by atoms with van der Waals surface area (Å²) < 4.78 is 6.19. The third kappa shape index (κ3) is 8.59. The van der Waals surface area contributed by atoms with Crippen molar-refractivity contribution in [2.24, 2.45) is 0 Å². The maximum atomic E-state index is 14.7. The van der Waals surface area contributed by atoms with Gasteiger partial charge in [-0.25, -0.2) is 0 Å². The molecule has 9 heteroatoms. The normalized spacial score (nSPS) is 18.6. The molecule has 50 heavy (non-hydrogen) atoms. The van der Waals surface area contributed by atoms with Gasteiger partial charge in [0.25, 0.3) is 5.91 Å². The minimum absolute atomic E-state index is 0.00433. The van der Waals surface area contributed by atoms with Crippen LogP contribution in [0.15, 0.2) is 66.2 Å². The van der Waals surface area contributed by atoms with Crippen molar-refractivity contribution in [2.45, 2.75) is 90.3 Å². The molecule has 0 spiro atoms. The molecule has 1 saturated heterocycles. The van der Waals surface area contributed by atoms with Crippen LogP contribution in [0, 0.1) is 20.8 Å². The zero-order valence-corrected chi connectivity index (χ0v) is 30.1. The Morgan fingerprint density at radius 1 is 0.980 bits per heavy atom. The summed E-state index contributed by atoms with van der Waals surface area (Å²) in [5, 5.41) is 13.5. The van der Waals surface area contributed by atoms with Crippen molar-refractivity contribution in [3.63, 3.8) is 0 Å². The maximum absolute atomic E-state index is 14.7. The minimum atomic E-state index is -0.901. The van der Waals surface area contributed by atoms with Crippen molar-refractivity contribution < 1.29 is 24.2 Å². The average molecular weight is 698 g/mol. The molecule has 2 aliphatic heterocycles. The Balaban J connectivity index is 1.24. The number of aliphatic carboxylic acids is 1. The van der Waals surface area contributed by atoms with E-state index >= 15 is 0 Å². The Morgan fingerprint density at radius 2 is 1.74 bits per heavy atom. The van der Waals surface area contributed by atoms with Crippen LogP contribution in [0.25, 0.3) is 5.57 Å². The second-order valence-electron chi connectivity index (χ2n) is 14.1. The first-order chi connectivity index (χ1) is 24.1.